The van der Waals surface area contributed by atoms with Gasteiger partial charge in [-0.25, -0.2) is 0 Å². The van der Waals surface area contributed by atoms with E-state index in [1.54, 1.807) is 12.4 Å². The average molecular weight is 233 g/mol. The van der Waals surface area contributed by atoms with Crippen LogP contribution < -0.4 is 11.1 Å². The Bertz CT molecular complexity index is 374. The van der Waals surface area contributed by atoms with Gasteiger partial charge in [0.2, 0.25) is 5.91 Å². The van der Waals surface area contributed by atoms with Gasteiger partial charge in [-0.2, -0.15) is 0 Å². The van der Waals surface area contributed by atoms with E-state index in [-0.39, 0.29) is 11.4 Å². The largest absolute Gasteiger partial charge is 0.356 e. The van der Waals surface area contributed by atoms with Gasteiger partial charge in [0, 0.05) is 30.9 Å². The highest BCUT2D eigenvalue weighted by Crippen LogP contribution is 2.31. The number of nitrogens with two attached hydrogens (primary N) is 1. The first kappa shape index (κ1) is 12.0. The summed E-state index contributed by atoms with van der Waals surface area (Å²) in [5.41, 5.74) is 6.98. The number of hydrogen-bond donors (Lipinski definition) is 2. The van der Waals surface area contributed by atoms with E-state index in [0.717, 1.165) is 25.7 Å². The van der Waals surface area contributed by atoms with Crippen molar-refractivity contribution in [3.05, 3.63) is 30.1 Å². The van der Waals surface area contributed by atoms with E-state index >= 15 is 0 Å². The molecule has 1 aromatic rings. The van der Waals surface area contributed by atoms with Crippen LogP contribution in [0.3, 0.4) is 0 Å². The first-order valence-corrected chi connectivity index (χ1v) is 6.12. The Hall–Kier alpha value is -1.42. The number of carbonyl (C=O) groups is 1. The normalized spacial score (nSPS) is 17.2. The van der Waals surface area contributed by atoms with Crippen molar-refractivity contribution in [1.82, 2.24) is 10.3 Å². The van der Waals surface area contributed by atoms with Crippen LogP contribution in [0.4, 0.5) is 0 Å². The number of aromatic nitrogens is 1. The first-order valence-electron chi connectivity index (χ1n) is 6.12. The molecular weight excluding hydrogens is 214 g/mol. The Morgan fingerprint density at radius 3 is 2.71 bits per heavy atom. The maximum absolute atomic E-state index is 11.6. The van der Waals surface area contributed by atoms with Crippen molar-refractivity contribution in [2.45, 2.75) is 37.6 Å². The molecular formula is C13H19N3O. The summed E-state index contributed by atoms with van der Waals surface area (Å²) < 4.78 is 0. The number of hydrogen-bond acceptors (Lipinski definition) is 3. The fourth-order valence-electron chi connectivity index (χ4n) is 2.09. The van der Waals surface area contributed by atoms with Gasteiger partial charge in [0.25, 0.3) is 0 Å². The van der Waals surface area contributed by atoms with Crippen molar-refractivity contribution >= 4 is 5.91 Å². The molecule has 0 aliphatic heterocycles. The van der Waals surface area contributed by atoms with Gasteiger partial charge >= 0.3 is 0 Å². The van der Waals surface area contributed by atoms with E-state index in [4.69, 9.17) is 5.73 Å². The summed E-state index contributed by atoms with van der Waals surface area (Å²) in [5, 5.41) is 2.92. The minimum absolute atomic E-state index is 0.0706. The van der Waals surface area contributed by atoms with Crippen molar-refractivity contribution < 1.29 is 4.79 Å². The predicted molar refractivity (Wildman–Crippen MR) is 66.3 cm³/mol. The van der Waals surface area contributed by atoms with Crippen molar-refractivity contribution in [3.63, 3.8) is 0 Å². The number of nitrogens with zero attached hydrogens (tertiary/aromatic N) is 1. The molecule has 2 rings (SSSR count). The monoisotopic (exact) mass is 233 g/mol. The van der Waals surface area contributed by atoms with Gasteiger partial charge in [-0.15, -0.1) is 0 Å². The highest BCUT2D eigenvalue weighted by atomic mass is 16.1. The van der Waals surface area contributed by atoms with Crippen LogP contribution in [-0.4, -0.2) is 23.0 Å². The van der Waals surface area contributed by atoms with Gasteiger partial charge in [0.05, 0.1) is 0 Å². The van der Waals surface area contributed by atoms with E-state index in [1.165, 1.54) is 5.56 Å². The molecule has 0 saturated heterocycles. The SMILES string of the molecule is NC1(CC(=O)NCCc2ccncc2)CCC1. The van der Waals surface area contributed by atoms with Crippen LogP contribution in [0, 0.1) is 0 Å². The van der Waals surface area contributed by atoms with Gasteiger partial charge in [-0.3, -0.25) is 9.78 Å². The van der Waals surface area contributed by atoms with Gasteiger partial charge < -0.3 is 11.1 Å². The molecule has 0 atom stereocenters. The number of amides is 1. The summed E-state index contributed by atoms with van der Waals surface area (Å²) in [6, 6.07) is 3.92. The van der Waals surface area contributed by atoms with Gasteiger partial charge in [-0.05, 0) is 43.4 Å². The quantitative estimate of drug-likeness (QED) is 0.797. The fourth-order valence-corrected chi connectivity index (χ4v) is 2.09. The smallest absolute Gasteiger partial charge is 0.221 e. The van der Waals surface area contributed by atoms with Crippen LogP contribution in [0.5, 0.6) is 0 Å². The van der Waals surface area contributed by atoms with Crippen LogP contribution in [0.1, 0.15) is 31.2 Å². The van der Waals surface area contributed by atoms with E-state index in [2.05, 4.69) is 10.3 Å². The van der Waals surface area contributed by atoms with Gasteiger partial charge in [-0.1, -0.05) is 0 Å². The number of pyridine rings is 1. The Kier molecular flexibility index (Phi) is 3.74. The molecule has 1 aromatic heterocycles. The van der Waals surface area contributed by atoms with Crippen molar-refractivity contribution in [2.75, 3.05) is 6.54 Å². The molecule has 1 heterocycles. The molecule has 1 aliphatic rings. The summed E-state index contributed by atoms with van der Waals surface area (Å²) in [7, 11) is 0. The zero-order valence-electron chi connectivity index (χ0n) is 9.98. The Morgan fingerprint density at radius 1 is 1.41 bits per heavy atom. The zero-order chi connectivity index (χ0) is 12.1. The lowest BCUT2D eigenvalue weighted by atomic mass is 9.75. The molecule has 4 nitrogen and oxygen atoms in total. The summed E-state index contributed by atoms with van der Waals surface area (Å²) in [6.45, 7) is 0.666. The molecule has 0 aromatic carbocycles. The lowest BCUT2D eigenvalue weighted by Crippen LogP contribution is -2.50. The Balaban J connectivity index is 1.66. The van der Waals surface area contributed by atoms with Crippen LogP contribution in [0.25, 0.3) is 0 Å². The van der Waals surface area contributed by atoms with Crippen LogP contribution in [-0.2, 0) is 11.2 Å². The maximum Gasteiger partial charge on any atom is 0.221 e. The zero-order valence-corrected chi connectivity index (χ0v) is 9.98. The molecule has 1 aliphatic carbocycles. The topological polar surface area (TPSA) is 68.0 Å². The highest BCUT2D eigenvalue weighted by molar-refractivity contribution is 5.77. The molecule has 4 heteroatoms. The van der Waals surface area contributed by atoms with Crippen LogP contribution in [0.2, 0.25) is 0 Å². The minimum Gasteiger partial charge on any atom is -0.356 e. The molecule has 1 amide bonds. The Morgan fingerprint density at radius 2 is 2.12 bits per heavy atom. The molecule has 92 valence electrons. The van der Waals surface area contributed by atoms with E-state index in [1.807, 2.05) is 12.1 Å². The second-order valence-electron chi connectivity index (χ2n) is 4.85. The van der Waals surface area contributed by atoms with Crippen LogP contribution in [0.15, 0.2) is 24.5 Å². The van der Waals surface area contributed by atoms with Crippen molar-refractivity contribution in [2.24, 2.45) is 5.73 Å². The van der Waals surface area contributed by atoms with E-state index < -0.39 is 0 Å². The third-order valence-corrected chi connectivity index (χ3v) is 3.35. The summed E-state index contributed by atoms with van der Waals surface area (Å²) in [5.74, 6) is 0.0706. The molecule has 1 saturated carbocycles. The standard InChI is InChI=1S/C13H19N3O/c14-13(5-1-6-13)10-12(17)16-9-4-11-2-7-15-8-3-11/h2-3,7-8H,1,4-6,9-10,14H2,(H,16,17). The van der Waals surface area contributed by atoms with Crippen molar-refractivity contribution in [3.8, 4) is 0 Å². The van der Waals surface area contributed by atoms with Crippen LogP contribution >= 0.6 is 0 Å². The summed E-state index contributed by atoms with van der Waals surface area (Å²) in [4.78, 5) is 15.6. The maximum atomic E-state index is 11.6. The average Bonchev–Trinajstić information content (AvgIpc) is 2.28. The first-order chi connectivity index (χ1) is 8.18. The van der Waals surface area contributed by atoms with Gasteiger partial charge in [0.1, 0.15) is 0 Å². The molecule has 0 bridgehead atoms. The summed E-state index contributed by atoms with van der Waals surface area (Å²) >= 11 is 0. The number of carbonyl (C=O) groups excluding carboxylic acids is 1. The highest BCUT2D eigenvalue weighted by Gasteiger charge is 2.34. The lowest BCUT2D eigenvalue weighted by molar-refractivity contribution is -0.122. The molecule has 17 heavy (non-hydrogen) atoms. The van der Waals surface area contributed by atoms with E-state index in [9.17, 15) is 4.79 Å². The van der Waals surface area contributed by atoms with E-state index in [0.29, 0.717) is 13.0 Å². The second-order valence-corrected chi connectivity index (χ2v) is 4.85. The molecule has 1 fully saturated rings. The molecule has 0 unspecified atom stereocenters. The molecule has 3 N–H and O–H groups in total. The minimum atomic E-state index is -0.221. The number of rotatable bonds is 5. The lowest BCUT2D eigenvalue weighted by Gasteiger charge is -2.37. The Labute approximate surface area is 102 Å². The number of nitrogens with one attached hydrogen (secondary N) is 1. The fraction of sp³-hybridized carbons (Fsp3) is 0.538. The van der Waals surface area contributed by atoms with Gasteiger partial charge in [0.15, 0.2) is 0 Å². The molecule has 0 spiro atoms. The third kappa shape index (κ3) is 3.53. The predicted octanol–water partition coefficient (Wildman–Crippen LogP) is 1.01. The summed E-state index contributed by atoms with van der Waals surface area (Å²) in [6.07, 6.45) is 7.94. The van der Waals surface area contributed by atoms with Crippen molar-refractivity contribution in [1.29, 1.82) is 0 Å². The second kappa shape index (κ2) is 5.27. The third-order valence-electron chi connectivity index (χ3n) is 3.35. The molecule has 0 radical (unpaired) electrons.